The van der Waals surface area contributed by atoms with Gasteiger partial charge in [-0.2, -0.15) is 0 Å². The highest BCUT2D eigenvalue weighted by Crippen LogP contribution is 2.24. The van der Waals surface area contributed by atoms with Crippen molar-refractivity contribution in [2.45, 2.75) is 39.5 Å². The van der Waals surface area contributed by atoms with Gasteiger partial charge < -0.3 is 15.2 Å². The van der Waals surface area contributed by atoms with Crippen LogP contribution in [-0.2, 0) is 11.8 Å². The van der Waals surface area contributed by atoms with Crippen LogP contribution < -0.4 is 10.6 Å². The third kappa shape index (κ3) is 4.04. The first-order chi connectivity index (χ1) is 9.90. The molecule has 112 valence electrons. The van der Waals surface area contributed by atoms with Crippen LogP contribution in [0.25, 0.3) is 0 Å². The molecule has 0 aliphatic heterocycles. The lowest BCUT2D eigenvalue weighted by atomic mass is 9.93. The first-order valence-corrected chi connectivity index (χ1v) is 7.44. The van der Waals surface area contributed by atoms with E-state index in [0.717, 1.165) is 17.9 Å². The zero-order chi connectivity index (χ0) is 15.5. The third-order valence-corrected chi connectivity index (χ3v) is 3.34. The van der Waals surface area contributed by atoms with E-state index in [1.54, 1.807) is 0 Å². The molecule has 0 unspecified atom stereocenters. The number of nitrogens with one attached hydrogen (secondary N) is 2. The number of nitrogens with zero attached hydrogens (tertiary/aromatic N) is 1. The molecule has 0 radical (unpaired) electrons. The summed E-state index contributed by atoms with van der Waals surface area (Å²) in [5, 5.41) is 10.7. The molecule has 0 aliphatic rings. The summed E-state index contributed by atoms with van der Waals surface area (Å²) in [6.07, 6.45) is 0.948. The standard InChI is InChI=1S/C16H21N3OS/c1-5-11-8-6-7-9-12(11)17-15(21)18-14-10-13(20-19-14)16(2,3)4/h6-10H,5H2,1-4H3,(H2,17,18,19,21). The molecule has 1 aromatic carbocycles. The van der Waals surface area contributed by atoms with Gasteiger partial charge in [0.15, 0.2) is 10.9 Å². The molecular weight excluding hydrogens is 282 g/mol. The summed E-state index contributed by atoms with van der Waals surface area (Å²) in [7, 11) is 0. The predicted octanol–water partition coefficient (Wildman–Crippen LogP) is 4.34. The van der Waals surface area contributed by atoms with Crippen LogP contribution >= 0.6 is 12.2 Å². The number of para-hydroxylation sites is 1. The number of aryl methyl sites for hydroxylation is 1. The lowest BCUT2D eigenvalue weighted by molar-refractivity contribution is 0.331. The predicted molar refractivity (Wildman–Crippen MR) is 90.9 cm³/mol. The largest absolute Gasteiger partial charge is 0.359 e. The Bertz CT molecular complexity index is 628. The highest BCUT2D eigenvalue weighted by Gasteiger charge is 2.19. The molecule has 21 heavy (non-hydrogen) atoms. The summed E-state index contributed by atoms with van der Waals surface area (Å²) in [6, 6.07) is 9.97. The second-order valence-corrected chi connectivity index (χ2v) is 6.32. The van der Waals surface area contributed by atoms with E-state index in [0.29, 0.717) is 10.9 Å². The molecule has 0 bridgehead atoms. The second-order valence-electron chi connectivity index (χ2n) is 5.92. The van der Waals surface area contributed by atoms with Crippen LogP contribution in [0.1, 0.15) is 39.0 Å². The average Bonchev–Trinajstić information content (AvgIpc) is 2.87. The van der Waals surface area contributed by atoms with Crippen molar-refractivity contribution >= 4 is 28.8 Å². The zero-order valence-electron chi connectivity index (χ0n) is 12.9. The van der Waals surface area contributed by atoms with Crippen molar-refractivity contribution in [1.82, 2.24) is 5.16 Å². The quantitative estimate of drug-likeness (QED) is 0.826. The number of anilines is 2. The highest BCUT2D eigenvalue weighted by molar-refractivity contribution is 7.80. The van der Waals surface area contributed by atoms with E-state index in [9.17, 15) is 0 Å². The van der Waals surface area contributed by atoms with Crippen molar-refractivity contribution in [2.24, 2.45) is 0 Å². The fraction of sp³-hybridized carbons (Fsp3) is 0.375. The van der Waals surface area contributed by atoms with E-state index in [2.05, 4.69) is 49.6 Å². The van der Waals surface area contributed by atoms with Crippen LogP contribution in [0.4, 0.5) is 11.5 Å². The normalized spacial score (nSPS) is 11.2. The molecule has 5 heteroatoms. The van der Waals surface area contributed by atoms with Gasteiger partial charge in [-0.15, -0.1) is 0 Å². The van der Waals surface area contributed by atoms with Crippen LogP contribution in [0, 0.1) is 0 Å². The first kappa shape index (κ1) is 15.5. The highest BCUT2D eigenvalue weighted by atomic mass is 32.1. The van der Waals surface area contributed by atoms with Crippen molar-refractivity contribution in [2.75, 3.05) is 10.6 Å². The molecule has 0 aliphatic carbocycles. The SMILES string of the molecule is CCc1ccccc1NC(=S)Nc1cc(C(C)(C)C)on1. The fourth-order valence-corrected chi connectivity index (χ4v) is 2.12. The molecule has 0 atom stereocenters. The summed E-state index contributed by atoms with van der Waals surface area (Å²) < 4.78 is 5.33. The summed E-state index contributed by atoms with van der Waals surface area (Å²) in [5.74, 6) is 1.44. The number of hydrogen-bond donors (Lipinski definition) is 2. The lowest BCUT2D eigenvalue weighted by Gasteiger charge is -2.12. The molecule has 0 saturated heterocycles. The Morgan fingerprint density at radius 1 is 1.24 bits per heavy atom. The van der Waals surface area contributed by atoms with Gasteiger partial charge in [-0.25, -0.2) is 0 Å². The number of benzene rings is 1. The maximum Gasteiger partial charge on any atom is 0.176 e. The van der Waals surface area contributed by atoms with E-state index in [1.807, 2.05) is 24.3 Å². The van der Waals surface area contributed by atoms with Crippen molar-refractivity contribution in [3.63, 3.8) is 0 Å². The molecule has 2 N–H and O–H groups in total. The fourth-order valence-electron chi connectivity index (χ4n) is 1.91. The van der Waals surface area contributed by atoms with E-state index in [1.165, 1.54) is 5.56 Å². The van der Waals surface area contributed by atoms with Gasteiger partial charge in [-0.1, -0.05) is 51.1 Å². The Labute approximate surface area is 130 Å². The van der Waals surface area contributed by atoms with Crippen molar-refractivity contribution in [3.05, 3.63) is 41.7 Å². The van der Waals surface area contributed by atoms with E-state index >= 15 is 0 Å². The first-order valence-electron chi connectivity index (χ1n) is 7.03. The second kappa shape index (κ2) is 6.26. The smallest absolute Gasteiger partial charge is 0.176 e. The molecule has 1 heterocycles. The minimum absolute atomic E-state index is 0.0726. The van der Waals surface area contributed by atoms with Crippen molar-refractivity contribution in [3.8, 4) is 0 Å². The maximum atomic E-state index is 5.33. The van der Waals surface area contributed by atoms with Crippen molar-refractivity contribution < 1.29 is 4.52 Å². The summed E-state index contributed by atoms with van der Waals surface area (Å²) in [4.78, 5) is 0. The van der Waals surface area contributed by atoms with Gasteiger partial charge in [-0.05, 0) is 30.3 Å². The van der Waals surface area contributed by atoms with Gasteiger partial charge in [0.1, 0.15) is 5.76 Å². The lowest BCUT2D eigenvalue weighted by Crippen LogP contribution is -2.20. The molecule has 1 aromatic heterocycles. The Hall–Kier alpha value is -1.88. The van der Waals surface area contributed by atoms with Crippen molar-refractivity contribution in [1.29, 1.82) is 0 Å². The molecule has 2 aromatic rings. The van der Waals surface area contributed by atoms with Gasteiger partial charge in [0.2, 0.25) is 0 Å². The molecule has 0 spiro atoms. The van der Waals surface area contributed by atoms with Crippen LogP contribution in [0.2, 0.25) is 0 Å². The monoisotopic (exact) mass is 303 g/mol. The third-order valence-electron chi connectivity index (χ3n) is 3.14. The Morgan fingerprint density at radius 3 is 2.57 bits per heavy atom. The molecule has 0 fully saturated rings. The van der Waals surface area contributed by atoms with Crippen LogP contribution in [0.15, 0.2) is 34.9 Å². The number of rotatable bonds is 3. The van der Waals surface area contributed by atoms with Crippen LogP contribution in [0.3, 0.4) is 0 Å². The topological polar surface area (TPSA) is 50.1 Å². The van der Waals surface area contributed by atoms with Gasteiger partial charge in [-0.3, -0.25) is 0 Å². The Kier molecular flexibility index (Phi) is 4.63. The maximum absolute atomic E-state index is 5.33. The number of aromatic nitrogens is 1. The summed E-state index contributed by atoms with van der Waals surface area (Å²) >= 11 is 5.32. The Balaban J connectivity index is 2.03. The molecule has 0 saturated carbocycles. The minimum atomic E-state index is -0.0726. The van der Waals surface area contributed by atoms with Gasteiger partial charge in [0.25, 0.3) is 0 Å². The molecule has 2 rings (SSSR count). The molecule has 0 amide bonds. The molecule has 4 nitrogen and oxygen atoms in total. The minimum Gasteiger partial charge on any atom is -0.359 e. The van der Waals surface area contributed by atoms with Gasteiger partial charge >= 0.3 is 0 Å². The van der Waals surface area contributed by atoms with Gasteiger partial charge in [0, 0.05) is 17.2 Å². The van der Waals surface area contributed by atoms with E-state index in [4.69, 9.17) is 16.7 Å². The number of hydrogen-bond acceptors (Lipinski definition) is 3. The van der Waals surface area contributed by atoms with E-state index in [-0.39, 0.29) is 5.41 Å². The van der Waals surface area contributed by atoms with E-state index < -0.39 is 0 Å². The summed E-state index contributed by atoms with van der Waals surface area (Å²) in [5.41, 5.74) is 2.16. The molecular formula is C16H21N3OS. The zero-order valence-corrected chi connectivity index (χ0v) is 13.7. The van der Waals surface area contributed by atoms with Crippen LogP contribution in [-0.4, -0.2) is 10.3 Å². The Morgan fingerprint density at radius 2 is 1.95 bits per heavy atom. The summed E-state index contributed by atoms with van der Waals surface area (Å²) in [6.45, 7) is 8.34. The number of thiocarbonyl (C=S) groups is 1. The average molecular weight is 303 g/mol. The van der Waals surface area contributed by atoms with Crippen LogP contribution in [0.5, 0.6) is 0 Å². The van der Waals surface area contributed by atoms with Gasteiger partial charge in [0.05, 0.1) is 0 Å².